The Morgan fingerprint density at radius 2 is 1.78 bits per heavy atom. The van der Waals surface area contributed by atoms with E-state index in [2.05, 4.69) is 13.8 Å². The maximum atomic E-state index is 13.0. The summed E-state index contributed by atoms with van der Waals surface area (Å²) in [5.74, 6) is 1.21. The number of ketones is 2. The van der Waals surface area contributed by atoms with Crippen LogP contribution in [0.2, 0.25) is 0 Å². The maximum Gasteiger partial charge on any atom is 0.167 e. The van der Waals surface area contributed by atoms with Crippen LogP contribution in [0.5, 0.6) is 0 Å². The lowest BCUT2D eigenvalue weighted by molar-refractivity contribution is -0.141. The van der Waals surface area contributed by atoms with Gasteiger partial charge in [-0.05, 0) is 67.8 Å². The number of Topliss-reactive ketones (excluding diaryl/α,β-unsaturated/α-hetero) is 1. The summed E-state index contributed by atoms with van der Waals surface area (Å²) in [4.78, 5) is 25.4. The van der Waals surface area contributed by atoms with Gasteiger partial charge in [-0.2, -0.15) is 0 Å². The zero-order valence-corrected chi connectivity index (χ0v) is 14.5. The van der Waals surface area contributed by atoms with Crippen molar-refractivity contribution in [3.05, 3.63) is 11.6 Å². The Morgan fingerprint density at radius 1 is 1.09 bits per heavy atom. The molecule has 3 nitrogen and oxygen atoms in total. The van der Waals surface area contributed by atoms with Crippen molar-refractivity contribution >= 4 is 11.6 Å². The summed E-state index contributed by atoms with van der Waals surface area (Å²) in [6, 6.07) is 0. The van der Waals surface area contributed by atoms with Crippen LogP contribution >= 0.6 is 0 Å². The molecule has 4 aliphatic carbocycles. The quantitative estimate of drug-likeness (QED) is 0.746. The minimum absolute atomic E-state index is 0.0223. The van der Waals surface area contributed by atoms with Crippen LogP contribution < -0.4 is 0 Å². The summed E-state index contributed by atoms with van der Waals surface area (Å²) < 4.78 is 0. The molecule has 0 aliphatic heterocycles. The second-order valence-electron chi connectivity index (χ2n) is 9.15. The van der Waals surface area contributed by atoms with Crippen LogP contribution in [-0.4, -0.2) is 22.8 Å². The molecule has 4 aliphatic rings. The molecule has 0 aromatic heterocycles. The highest BCUT2D eigenvalue weighted by atomic mass is 16.3. The molecular formula is C20H28O3. The zero-order chi connectivity index (χ0) is 16.6. The van der Waals surface area contributed by atoms with Gasteiger partial charge in [0, 0.05) is 11.3 Å². The van der Waals surface area contributed by atoms with Crippen LogP contribution in [0.3, 0.4) is 0 Å². The summed E-state index contributed by atoms with van der Waals surface area (Å²) >= 11 is 0. The van der Waals surface area contributed by atoms with E-state index >= 15 is 0 Å². The topological polar surface area (TPSA) is 54.4 Å². The summed E-state index contributed by atoms with van der Waals surface area (Å²) in [6.07, 6.45) is 6.78. The van der Waals surface area contributed by atoms with Crippen LogP contribution in [0.25, 0.3) is 0 Å². The maximum absolute atomic E-state index is 13.0. The number of carbonyl (C=O) groups is 2. The van der Waals surface area contributed by atoms with Crippen molar-refractivity contribution in [1.29, 1.82) is 0 Å². The lowest BCUT2D eigenvalue weighted by Gasteiger charge is -2.55. The Morgan fingerprint density at radius 3 is 2.52 bits per heavy atom. The minimum atomic E-state index is -0.860. The van der Waals surface area contributed by atoms with E-state index in [0.717, 1.165) is 25.7 Å². The van der Waals surface area contributed by atoms with Crippen LogP contribution in [0.15, 0.2) is 11.6 Å². The van der Waals surface area contributed by atoms with Crippen molar-refractivity contribution < 1.29 is 14.7 Å². The number of hydrogen-bond acceptors (Lipinski definition) is 3. The molecule has 0 heterocycles. The fraction of sp³-hybridized carbons (Fsp3) is 0.800. The highest BCUT2D eigenvalue weighted by Crippen LogP contribution is 2.63. The summed E-state index contributed by atoms with van der Waals surface area (Å²) in [5, 5.41) is 10.1. The van der Waals surface area contributed by atoms with E-state index in [1.165, 1.54) is 12.0 Å². The largest absolute Gasteiger partial charge is 0.385 e. The van der Waals surface area contributed by atoms with Gasteiger partial charge in [0.1, 0.15) is 6.10 Å². The van der Waals surface area contributed by atoms with E-state index in [9.17, 15) is 14.7 Å². The third-order valence-corrected chi connectivity index (χ3v) is 7.92. The van der Waals surface area contributed by atoms with Gasteiger partial charge in [-0.3, -0.25) is 9.59 Å². The first kappa shape index (κ1) is 15.6. The SMILES string of the molecule is C[C@H]1CC[C@@]2(C)C(=CC(=O)[C@@H]3[C@@H]2CC[C@]2(C)C(=O)C(O)C[C@@H]32)C1. The van der Waals surface area contributed by atoms with Crippen molar-refractivity contribution in [3.8, 4) is 0 Å². The molecule has 3 heteroatoms. The van der Waals surface area contributed by atoms with Crippen molar-refractivity contribution in [2.75, 3.05) is 0 Å². The standard InChI is InChI=1S/C20H28O3/c1-11-4-6-19(2)12(8-11)9-15(21)17-13(19)5-7-20(3)14(17)10-16(22)18(20)23/h9,11,13-14,16-17,22H,4-8,10H2,1-3H3/t11-,13-,14-,16?,17+,19-,20-/m0/s1. The zero-order valence-electron chi connectivity index (χ0n) is 14.5. The fourth-order valence-electron chi connectivity index (χ4n) is 6.38. The molecule has 3 saturated carbocycles. The van der Waals surface area contributed by atoms with Gasteiger partial charge < -0.3 is 5.11 Å². The molecule has 3 fully saturated rings. The van der Waals surface area contributed by atoms with Gasteiger partial charge in [-0.25, -0.2) is 0 Å². The van der Waals surface area contributed by atoms with Crippen molar-refractivity contribution in [2.24, 2.45) is 34.5 Å². The van der Waals surface area contributed by atoms with Crippen molar-refractivity contribution in [3.63, 3.8) is 0 Å². The predicted molar refractivity (Wildman–Crippen MR) is 87.7 cm³/mol. The van der Waals surface area contributed by atoms with Crippen molar-refractivity contribution in [2.45, 2.75) is 65.4 Å². The fourth-order valence-corrected chi connectivity index (χ4v) is 6.38. The van der Waals surface area contributed by atoms with Crippen LogP contribution in [-0.2, 0) is 9.59 Å². The lowest BCUT2D eigenvalue weighted by atomic mass is 9.47. The number of fused-ring (bicyclic) bond motifs is 5. The number of allylic oxidation sites excluding steroid dienone is 2. The molecule has 0 aromatic rings. The van der Waals surface area contributed by atoms with Crippen LogP contribution in [0, 0.1) is 34.5 Å². The van der Waals surface area contributed by atoms with Gasteiger partial charge in [0.15, 0.2) is 11.6 Å². The van der Waals surface area contributed by atoms with Crippen LogP contribution in [0.1, 0.15) is 59.3 Å². The molecule has 0 saturated heterocycles. The smallest absolute Gasteiger partial charge is 0.167 e. The monoisotopic (exact) mass is 316 g/mol. The second kappa shape index (κ2) is 4.78. The predicted octanol–water partition coefficient (Wildman–Crippen LogP) is 3.30. The number of hydrogen-bond donors (Lipinski definition) is 1. The third-order valence-electron chi connectivity index (χ3n) is 7.92. The van der Waals surface area contributed by atoms with E-state index in [-0.39, 0.29) is 28.8 Å². The summed E-state index contributed by atoms with van der Waals surface area (Å²) in [6.45, 7) is 6.62. The van der Waals surface area contributed by atoms with E-state index in [0.29, 0.717) is 18.3 Å². The molecule has 126 valence electrons. The average molecular weight is 316 g/mol. The highest BCUT2D eigenvalue weighted by molar-refractivity contribution is 5.97. The second-order valence-corrected chi connectivity index (χ2v) is 9.15. The first-order valence-electron chi connectivity index (χ1n) is 9.24. The van der Waals surface area contributed by atoms with E-state index in [4.69, 9.17) is 0 Å². The minimum Gasteiger partial charge on any atom is -0.385 e. The molecule has 7 atom stereocenters. The molecule has 0 spiro atoms. The van der Waals surface area contributed by atoms with Gasteiger partial charge in [-0.15, -0.1) is 0 Å². The average Bonchev–Trinajstić information content (AvgIpc) is 2.73. The van der Waals surface area contributed by atoms with E-state index < -0.39 is 11.5 Å². The Balaban J connectivity index is 1.76. The van der Waals surface area contributed by atoms with Gasteiger partial charge in [0.25, 0.3) is 0 Å². The number of aliphatic hydroxyl groups excluding tert-OH is 1. The number of carbonyl (C=O) groups excluding carboxylic acids is 2. The Hall–Kier alpha value is -0.960. The summed E-state index contributed by atoms with van der Waals surface area (Å²) in [5.41, 5.74) is 0.999. The van der Waals surface area contributed by atoms with E-state index in [1.54, 1.807) is 0 Å². The summed E-state index contributed by atoms with van der Waals surface area (Å²) in [7, 11) is 0. The molecular weight excluding hydrogens is 288 g/mol. The molecule has 0 amide bonds. The van der Waals surface area contributed by atoms with Gasteiger partial charge in [0.05, 0.1) is 0 Å². The first-order valence-corrected chi connectivity index (χ1v) is 9.24. The molecule has 4 rings (SSSR count). The molecule has 1 unspecified atom stereocenters. The van der Waals surface area contributed by atoms with Gasteiger partial charge >= 0.3 is 0 Å². The normalized spacial score (nSPS) is 52.5. The first-order chi connectivity index (χ1) is 10.8. The number of rotatable bonds is 0. The van der Waals surface area contributed by atoms with Gasteiger partial charge in [-0.1, -0.05) is 26.3 Å². The van der Waals surface area contributed by atoms with Crippen LogP contribution in [0.4, 0.5) is 0 Å². The Bertz CT molecular complexity index is 606. The van der Waals surface area contributed by atoms with E-state index in [1.807, 2.05) is 13.0 Å². The Labute approximate surface area is 138 Å². The molecule has 0 bridgehead atoms. The highest BCUT2D eigenvalue weighted by Gasteiger charge is 2.62. The number of aliphatic hydroxyl groups is 1. The lowest BCUT2D eigenvalue weighted by Crippen LogP contribution is -2.53. The van der Waals surface area contributed by atoms with Crippen molar-refractivity contribution in [1.82, 2.24) is 0 Å². The third kappa shape index (κ3) is 1.92. The molecule has 1 N–H and O–H groups in total. The van der Waals surface area contributed by atoms with Gasteiger partial charge in [0.2, 0.25) is 0 Å². The molecule has 0 aromatic carbocycles. The Kier molecular flexibility index (Phi) is 3.23. The molecule has 0 radical (unpaired) electrons. The molecule has 23 heavy (non-hydrogen) atoms.